The number of benzene rings is 3. The zero-order valence-electron chi connectivity index (χ0n) is 17.6. The van der Waals surface area contributed by atoms with Gasteiger partial charge >= 0.3 is 0 Å². The van der Waals surface area contributed by atoms with E-state index in [1.165, 1.54) is 21.6 Å². The van der Waals surface area contributed by atoms with E-state index < -0.39 is 0 Å². The van der Waals surface area contributed by atoms with Crippen LogP contribution in [0.2, 0.25) is 0 Å². The summed E-state index contributed by atoms with van der Waals surface area (Å²) < 4.78 is 5.88. The standard InChI is InChI=1S/C25H28N2OS2/c1-18-9-14-23(15-19(18)2)28-16-20(3)26-25(29)27-22-12-10-21(11-13-22)17-30-24-7-5-4-6-8-24/h4-15,20H,16-17H2,1-3H3,(H2,26,27,29)/t20-/m0/s1. The van der Waals surface area contributed by atoms with E-state index in [-0.39, 0.29) is 6.04 Å². The van der Waals surface area contributed by atoms with E-state index in [1.54, 1.807) is 0 Å². The first kappa shape index (κ1) is 22.2. The van der Waals surface area contributed by atoms with E-state index in [2.05, 4.69) is 92.1 Å². The molecule has 3 aromatic carbocycles. The number of anilines is 1. The lowest BCUT2D eigenvalue weighted by Gasteiger charge is -2.18. The predicted molar refractivity (Wildman–Crippen MR) is 133 cm³/mol. The number of nitrogens with one attached hydrogen (secondary N) is 2. The highest BCUT2D eigenvalue weighted by atomic mass is 32.2. The lowest BCUT2D eigenvalue weighted by Crippen LogP contribution is -2.39. The topological polar surface area (TPSA) is 33.3 Å². The van der Waals surface area contributed by atoms with Gasteiger partial charge in [0.15, 0.2) is 5.11 Å². The molecule has 0 fully saturated rings. The van der Waals surface area contributed by atoms with Crippen LogP contribution >= 0.6 is 24.0 Å². The molecule has 2 N–H and O–H groups in total. The van der Waals surface area contributed by atoms with E-state index >= 15 is 0 Å². The molecule has 0 radical (unpaired) electrons. The highest BCUT2D eigenvalue weighted by molar-refractivity contribution is 7.98. The number of thioether (sulfide) groups is 1. The highest BCUT2D eigenvalue weighted by Crippen LogP contribution is 2.23. The van der Waals surface area contributed by atoms with Crippen molar-refractivity contribution in [1.82, 2.24) is 5.32 Å². The molecule has 0 aliphatic heterocycles. The maximum atomic E-state index is 5.88. The Hall–Kier alpha value is -2.50. The molecule has 0 spiro atoms. The largest absolute Gasteiger partial charge is 0.491 e. The van der Waals surface area contributed by atoms with Gasteiger partial charge in [-0.25, -0.2) is 0 Å². The van der Waals surface area contributed by atoms with Crippen LogP contribution in [0.5, 0.6) is 5.75 Å². The molecule has 0 bridgehead atoms. The van der Waals surface area contributed by atoms with Gasteiger partial charge in [0.1, 0.15) is 12.4 Å². The van der Waals surface area contributed by atoms with Crippen molar-refractivity contribution in [2.45, 2.75) is 37.5 Å². The van der Waals surface area contributed by atoms with Crippen molar-refractivity contribution in [1.29, 1.82) is 0 Å². The number of aryl methyl sites for hydroxylation is 2. The van der Waals surface area contributed by atoms with Crippen LogP contribution in [0.15, 0.2) is 77.7 Å². The monoisotopic (exact) mass is 436 g/mol. The Morgan fingerprint density at radius 1 is 0.967 bits per heavy atom. The maximum Gasteiger partial charge on any atom is 0.171 e. The highest BCUT2D eigenvalue weighted by Gasteiger charge is 2.07. The fraction of sp³-hybridized carbons (Fsp3) is 0.240. The summed E-state index contributed by atoms with van der Waals surface area (Å²) in [6.07, 6.45) is 0. The van der Waals surface area contributed by atoms with Crippen molar-refractivity contribution >= 4 is 34.8 Å². The molecule has 0 aliphatic rings. The van der Waals surface area contributed by atoms with Crippen molar-refractivity contribution in [3.63, 3.8) is 0 Å². The maximum absolute atomic E-state index is 5.88. The summed E-state index contributed by atoms with van der Waals surface area (Å²) in [4.78, 5) is 1.28. The Morgan fingerprint density at radius 2 is 1.70 bits per heavy atom. The van der Waals surface area contributed by atoms with Gasteiger partial charge in [-0.15, -0.1) is 11.8 Å². The molecule has 0 saturated heterocycles. The summed E-state index contributed by atoms with van der Waals surface area (Å²) in [5.74, 6) is 1.83. The van der Waals surface area contributed by atoms with Crippen molar-refractivity contribution in [2.75, 3.05) is 11.9 Å². The third-order valence-electron chi connectivity index (χ3n) is 4.72. The normalized spacial score (nSPS) is 11.6. The van der Waals surface area contributed by atoms with E-state index in [4.69, 9.17) is 17.0 Å². The van der Waals surface area contributed by atoms with Gasteiger partial charge in [0.25, 0.3) is 0 Å². The quantitative estimate of drug-likeness (QED) is 0.318. The number of hydrogen-bond acceptors (Lipinski definition) is 3. The second kappa shape index (κ2) is 11.0. The molecule has 0 aromatic heterocycles. The molecular weight excluding hydrogens is 408 g/mol. The van der Waals surface area contributed by atoms with Crippen LogP contribution in [0, 0.1) is 13.8 Å². The molecule has 0 heterocycles. The molecule has 0 amide bonds. The van der Waals surface area contributed by atoms with Crippen LogP contribution < -0.4 is 15.4 Å². The lowest BCUT2D eigenvalue weighted by molar-refractivity contribution is 0.287. The molecule has 3 rings (SSSR count). The molecule has 0 unspecified atom stereocenters. The number of ether oxygens (including phenoxy) is 1. The van der Waals surface area contributed by atoms with Gasteiger partial charge in [0.05, 0.1) is 6.04 Å². The SMILES string of the molecule is Cc1ccc(OC[C@H](C)NC(=S)Nc2ccc(CSc3ccccc3)cc2)cc1C. The molecule has 3 aromatic rings. The summed E-state index contributed by atoms with van der Waals surface area (Å²) in [7, 11) is 0. The van der Waals surface area contributed by atoms with Gasteiger partial charge in [-0.1, -0.05) is 36.4 Å². The molecular formula is C25H28N2OS2. The fourth-order valence-electron chi connectivity index (χ4n) is 2.83. The molecule has 5 heteroatoms. The van der Waals surface area contributed by atoms with Crippen molar-refractivity contribution < 1.29 is 4.74 Å². The number of hydrogen-bond donors (Lipinski definition) is 2. The van der Waals surface area contributed by atoms with Crippen LogP contribution in [-0.2, 0) is 5.75 Å². The Morgan fingerprint density at radius 3 is 2.40 bits per heavy atom. The summed E-state index contributed by atoms with van der Waals surface area (Å²) in [5, 5.41) is 7.12. The van der Waals surface area contributed by atoms with Crippen LogP contribution in [0.3, 0.4) is 0 Å². The molecule has 3 nitrogen and oxygen atoms in total. The van der Waals surface area contributed by atoms with Gasteiger partial charge in [-0.3, -0.25) is 0 Å². The van der Waals surface area contributed by atoms with Gasteiger partial charge < -0.3 is 15.4 Å². The number of rotatable bonds is 8. The predicted octanol–water partition coefficient (Wildman–Crippen LogP) is 6.35. The lowest BCUT2D eigenvalue weighted by atomic mass is 10.1. The first-order chi connectivity index (χ1) is 14.5. The van der Waals surface area contributed by atoms with E-state index in [0.717, 1.165) is 17.2 Å². The molecule has 30 heavy (non-hydrogen) atoms. The molecule has 0 saturated carbocycles. The average Bonchev–Trinajstić information content (AvgIpc) is 2.75. The van der Waals surface area contributed by atoms with E-state index in [0.29, 0.717) is 11.7 Å². The van der Waals surface area contributed by atoms with Gasteiger partial charge in [-0.05, 0) is 86.1 Å². The summed E-state index contributed by atoms with van der Waals surface area (Å²) in [5.41, 5.74) is 4.76. The van der Waals surface area contributed by atoms with Crippen LogP contribution in [0.25, 0.3) is 0 Å². The Labute approximate surface area is 189 Å². The smallest absolute Gasteiger partial charge is 0.171 e. The van der Waals surface area contributed by atoms with Crippen molar-refractivity contribution in [3.8, 4) is 5.75 Å². The second-order valence-electron chi connectivity index (χ2n) is 7.36. The van der Waals surface area contributed by atoms with E-state index in [9.17, 15) is 0 Å². The first-order valence-electron chi connectivity index (χ1n) is 10.0. The summed E-state index contributed by atoms with van der Waals surface area (Å²) >= 11 is 7.28. The van der Waals surface area contributed by atoms with E-state index in [1.807, 2.05) is 23.9 Å². The zero-order valence-corrected chi connectivity index (χ0v) is 19.3. The average molecular weight is 437 g/mol. The van der Waals surface area contributed by atoms with Crippen LogP contribution in [0.4, 0.5) is 5.69 Å². The van der Waals surface area contributed by atoms with Crippen LogP contribution in [0.1, 0.15) is 23.6 Å². The zero-order chi connectivity index (χ0) is 21.3. The van der Waals surface area contributed by atoms with Crippen molar-refractivity contribution in [3.05, 3.63) is 89.5 Å². The van der Waals surface area contributed by atoms with Crippen molar-refractivity contribution in [2.24, 2.45) is 0 Å². The minimum absolute atomic E-state index is 0.0909. The Bertz CT molecular complexity index is 959. The number of thiocarbonyl (C=S) groups is 1. The minimum atomic E-state index is 0.0909. The van der Waals surface area contributed by atoms with Gasteiger partial charge in [0, 0.05) is 16.3 Å². The molecule has 1 atom stereocenters. The third-order valence-corrected chi connectivity index (χ3v) is 6.02. The van der Waals surface area contributed by atoms with Gasteiger partial charge in [0.2, 0.25) is 0 Å². The Kier molecular flexibility index (Phi) is 8.17. The summed E-state index contributed by atoms with van der Waals surface area (Å²) in [6.45, 7) is 6.79. The van der Waals surface area contributed by atoms with Crippen LogP contribution in [-0.4, -0.2) is 17.8 Å². The summed E-state index contributed by atoms with van der Waals surface area (Å²) in [6, 6.07) is 25.1. The fourth-order valence-corrected chi connectivity index (χ4v) is 4.02. The molecule has 156 valence electrons. The third kappa shape index (κ3) is 7.08. The second-order valence-corrected chi connectivity index (χ2v) is 8.81. The molecule has 0 aliphatic carbocycles. The van der Waals surface area contributed by atoms with Gasteiger partial charge in [-0.2, -0.15) is 0 Å². The Balaban J connectivity index is 1.41. The minimum Gasteiger partial charge on any atom is -0.491 e. The first-order valence-corrected chi connectivity index (χ1v) is 11.4.